The average molecular weight is 519 g/mol. The van der Waals surface area contributed by atoms with E-state index in [0.29, 0.717) is 29.6 Å². The number of nitrogens with one attached hydrogen (secondary N) is 1. The molecule has 5 rings (SSSR count). The van der Waals surface area contributed by atoms with Crippen LogP contribution in [0.2, 0.25) is 0 Å². The zero-order valence-electron chi connectivity index (χ0n) is 22.6. The van der Waals surface area contributed by atoms with Gasteiger partial charge in [0, 0.05) is 56.1 Å². The van der Waals surface area contributed by atoms with Crippen molar-refractivity contribution in [2.45, 2.75) is 31.6 Å². The van der Waals surface area contributed by atoms with Crippen LogP contribution >= 0.6 is 0 Å². The predicted octanol–water partition coefficient (Wildman–Crippen LogP) is 4.41. The first-order valence-corrected chi connectivity index (χ1v) is 12.8. The normalized spacial score (nSPS) is 15.4. The minimum Gasteiger partial charge on any atom is -0.494 e. The highest BCUT2D eigenvalue weighted by Crippen LogP contribution is 2.53. The zero-order chi connectivity index (χ0) is 27.0. The fourth-order valence-electron chi connectivity index (χ4n) is 5.25. The summed E-state index contributed by atoms with van der Waals surface area (Å²) in [5.41, 5.74) is 4.23. The number of nitrogens with zero attached hydrogens (tertiary/aromatic N) is 7. The van der Waals surface area contributed by atoms with Gasteiger partial charge in [-0.25, -0.2) is 4.98 Å². The topological polar surface area (TPSA) is 113 Å². The summed E-state index contributed by atoms with van der Waals surface area (Å²) >= 11 is 0. The molecule has 0 atom stereocenters. The van der Waals surface area contributed by atoms with Crippen LogP contribution in [-0.2, 0) is 5.41 Å². The maximum Gasteiger partial charge on any atom is 0.294 e. The van der Waals surface area contributed by atoms with Gasteiger partial charge in [0.15, 0.2) is 0 Å². The van der Waals surface area contributed by atoms with Crippen LogP contribution in [0.5, 0.6) is 5.75 Å². The van der Waals surface area contributed by atoms with Crippen molar-refractivity contribution in [2.24, 2.45) is 0 Å². The SMILES string of the molecule is COc1cc(N(C)CCN(C)C)c([N+](=O)[O-])cc1Nc1nccc(N2CC3(CCC3)c3nc(C)ccc32)n1. The van der Waals surface area contributed by atoms with Gasteiger partial charge in [-0.15, -0.1) is 0 Å². The molecule has 2 aromatic heterocycles. The quantitative estimate of drug-likeness (QED) is 0.323. The minimum absolute atomic E-state index is 0.0208. The van der Waals surface area contributed by atoms with E-state index < -0.39 is 0 Å². The zero-order valence-corrected chi connectivity index (χ0v) is 22.6. The molecule has 1 saturated carbocycles. The number of ether oxygens (including phenoxy) is 1. The number of methoxy groups -OCH3 is 1. The molecular weight excluding hydrogens is 484 g/mol. The fourth-order valence-corrected chi connectivity index (χ4v) is 5.25. The summed E-state index contributed by atoms with van der Waals surface area (Å²) in [6.45, 7) is 4.24. The summed E-state index contributed by atoms with van der Waals surface area (Å²) in [7, 11) is 7.31. The number of pyridine rings is 1. The van der Waals surface area contributed by atoms with E-state index in [0.717, 1.165) is 48.8 Å². The number of anilines is 5. The summed E-state index contributed by atoms with van der Waals surface area (Å²) in [4.78, 5) is 31.8. The van der Waals surface area contributed by atoms with Crippen LogP contribution in [0.25, 0.3) is 0 Å². The molecule has 38 heavy (non-hydrogen) atoms. The van der Waals surface area contributed by atoms with Crippen molar-refractivity contribution >= 4 is 34.5 Å². The molecule has 1 fully saturated rings. The van der Waals surface area contributed by atoms with Gasteiger partial charge in [0.1, 0.15) is 17.3 Å². The van der Waals surface area contributed by atoms with Gasteiger partial charge in [0.25, 0.3) is 5.69 Å². The number of fused-ring (bicyclic) bond motifs is 2. The lowest BCUT2D eigenvalue weighted by Gasteiger charge is -2.38. The summed E-state index contributed by atoms with van der Waals surface area (Å²) < 4.78 is 5.61. The Bertz CT molecular complexity index is 1360. The Kier molecular flexibility index (Phi) is 6.78. The van der Waals surface area contributed by atoms with Crippen molar-refractivity contribution in [1.29, 1.82) is 0 Å². The van der Waals surface area contributed by atoms with Gasteiger partial charge in [0.05, 0.1) is 29.1 Å². The molecule has 1 aliphatic carbocycles. The predicted molar refractivity (Wildman–Crippen MR) is 148 cm³/mol. The Hall–Kier alpha value is -3.99. The first-order valence-electron chi connectivity index (χ1n) is 12.8. The third-order valence-electron chi connectivity index (χ3n) is 7.53. The molecule has 11 heteroatoms. The van der Waals surface area contributed by atoms with Crippen molar-refractivity contribution in [3.63, 3.8) is 0 Å². The fraction of sp³-hybridized carbons (Fsp3) is 0.444. The van der Waals surface area contributed by atoms with Gasteiger partial charge in [-0.1, -0.05) is 6.42 Å². The van der Waals surface area contributed by atoms with Crippen molar-refractivity contribution in [3.8, 4) is 5.75 Å². The molecular formula is C27H34N8O3. The number of nitro groups is 1. The number of hydrogen-bond acceptors (Lipinski definition) is 10. The summed E-state index contributed by atoms with van der Waals surface area (Å²) in [6.07, 6.45) is 5.15. The van der Waals surface area contributed by atoms with Crippen molar-refractivity contribution in [3.05, 3.63) is 58.0 Å². The molecule has 1 aliphatic heterocycles. The Morgan fingerprint density at radius 2 is 1.95 bits per heavy atom. The van der Waals surface area contributed by atoms with Crippen LogP contribution in [0.1, 0.15) is 30.7 Å². The van der Waals surface area contributed by atoms with Gasteiger partial charge in [-0.2, -0.15) is 4.98 Å². The van der Waals surface area contributed by atoms with E-state index in [2.05, 4.69) is 21.3 Å². The first-order chi connectivity index (χ1) is 18.2. The summed E-state index contributed by atoms with van der Waals surface area (Å²) in [5, 5.41) is 15.1. The maximum atomic E-state index is 12.0. The van der Waals surface area contributed by atoms with E-state index in [1.807, 2.05) is 50.0 Å². The first kappa shape index (κ1) is 25.7. The van der Waals surface area contributed by atoms with E-state index in [-0.39, 0.29) is 16.0 Å². The molecule has 3 aromatic rings. The van der Waals surface area contributed by atoms with Gasteiger partial charge >= 0.3 is 0 Å². The summed E-state index contributed by atoms with van der Waals surface area (Å²) in [5.74, 6) is 1.56. The van der Waals surface area contributed by atoms with E-state index in [4.69, 9.17) is 14.7 Å². The summed E-state index contributed by atoms with van der Waals surface area (Å²) in [6, 6.07) is 9.21. The molecule has 0 saturated heterocycles. The van der Waals surface area contributed by atoms with Crippen LogP contribution in [0, 0.1) is 17.0 Å². The lowest BCUT2D eigenvalue weighted by Crippen LogP contribution is -2.38. The largest absolute Gasteiger partial charge is 0.494 e. The van der Waals surface area contributed by atoms with E-state index >= 15 is 0 Å². The molecule has 2 aliphatic rings. The standard InChI is InChI=1S/C27H34N8O3/c1-18-7-8-20-25(29-18)27(10-6-11-27)17-34(20)24-9-12-28-26(31-24)30-19-15-22(35(36)37)21(16-23(19)38-5)33(4)14-13-32(2)3/h7-9,12,15-16H,6,10-11,13-14,17H2,1-5H3,(H,28,30,31). The van der Waals surface area contributed by atoms with Crippen LogP contribution in [0.15, 0.2) is 36.5 Å². The molecule has 11 nitrogen and oxygen atoms in total. The highest BCUT2D eigenvalue weighted by molar-refractivity contribution is 5.77. The molecule has 1 spiro atoms. The van der Waals surface area contributed by atoms with E-state index in [9.17, 15) is 10.1 Å². The Morgan fingerprint density at radius 3 is 2.61 bits per heavy atom. The van der Waals surface area contributed by atoms with Gasteiger partial charge in [-0.3, -0.25) is 15.1 Å². The molecule has 3 heterocycles. The van der Waals surface area contributed by atoms with E-state index in [1.165, 1.54) is 12.5 Å². The Morgan fingerprint density at radius 1 is 1.16 bits per heavy atom. The third kappa shape index (κ3) is 4.69. The highest BCUT2D eigenvalue weighted by Gasteiger charge is 2.49. The maximum absolute atomic E-state index is 12.0. The molecule has 0 radical (unpaired) electrons. The van der Waals surface area contributed by atoms with Crippen LogP contribution < -0.4 is 19.9 Å². The number of rotatable bonds is 9. The molecule has 0 unspecified atom stereocenters. The Balaban J connectivity index is 1.45. The minimum atomic E-state index is -0.377. The second-order valence-electron chi connectivity index (χ2n) is 10.4. The smallest absolute Gasteiger partial charge is 0.294 e. The lowest BCUT2D eigenvalue weighted by molar-refractivity contribution is -0.384. The van der Waals surface area contributed by atoms with E-state index in [1.54, 1.807) is 19.4 Å². The van der Waals surface area contributed by atoms with Crippen LogP contribution in [0.3, 0.4) is 0 Å². The van der Waals surface area contributed by atoms with Gasteiger partial charge in [-0.05, 0) is 52.1 Å². The number of likely N-dealkylation sites (N-methyl/N-ethyl adjacent to an activating group) is 2. The molecule has 1 N–H and O–H groups in total. The number of benzene rings is 1. The highest BCUT2D eigenvalue weighted by atomic mass is 16.6. The number of aromatic nitrogens is 3. The number of nitro benzene ring substituents is 1. The second kappa shape index (κ2) is 10.1. The lowest BCUT2D eigenvalue weighted by atomic mass is 9.67. The Labute approximate surface area is 222 Å². The monoisotopic (exact) mass is 518 g/mol. The van der Waals surface area contributed by atoms with Gasteiger partial charge < -0.3 is 24.8 Å². The van der Waals surface area contributed by atoms with Crippen molar-refractivity contribution in [1.82, 2.24) is 19.9 Å². The average Bonchev–Trinajstić information content (AvgIpc) is 3.22. The van der Waals surface area contributed by atoms with Gasteiger partial charge in [0.2, 0.25) is 5.95 Å². The molecule has 0 amide bonds. The van der Waals surface area contributed by atoms with Crippen molar-refractivity contribution in [2.75, 3.05) is 63.0 Å². The molecule has 0 bridgehead atoms. The number of hydrogen-bond donors (Lipinski definition) is 1. The van der Waals surface area contributed by atoms with Crippen LogP contribution in [0.4, 0.5) is 34.5 Å². The van der Waals surface area contributed by atoms with Crippen LogP contribution in [-0.4, -0.2) is 72.7 Å². The third-order valence-corrected chi connectivity index (χ3v) is 7.53. The number of aryl methyl sites for hydroxylation is 1. The molecule has 200 valence electrons. The van der Waals surface area contributed by atoms with Crippen molar-refractivity contribution < 1.29 is 9.66 Å². The second-order valence-corrected chi connectivity index (χ2v) is 10.4. The molecule has 1 aromatic carbocycles.